The van der Waals surface area contributed by atoms with Crippen LogP contribution in [0.1, 0.15) is 34.5 Å². The highest BCUT2D eigenvalue weighted by Gasteiger charge is 2.10. The summed E-state index contributed by atoms with van der Waals surface area (Å²) in [6.07, 6.45) is 0. The fourth-order valence-corrected chi connectivity index (χ4v) is 2.08. The van der Waals surface area contributed by atoms with Crippen molar-refractivity contribution in [3.8, 4) is 0 Å². The molecule has 1 unspecified atom stereocenters. The first-order chi connectivity index (χ1) is 9.06. The van der Waals surface area contributed by atoms with Gasteiger partial charge in [-0.15, -0.1) is 0 Å². The van der Waals surface area contributed by atoms with E-state index in [0.29, 0.717) is 5.56 Å². The molecule has 2 rings (SSSR count). The lowest BCUT2D eigenvalue weighted by molar-refractivity contribution is 0.0940. The Morgan fingerprint density at radius 2 is 1.63 bits per heavy atom. The molecule has 1 amide bonds. The first-order valence-electron chi connectivity index (χ1n) is 6.19. The highest BCUT2D eigenvalue weighted by atomic mass is 79.9. The van der Waals surface area contributed by atoms with Crippen LogP contribution in [0, 0.1) is 6.92 Å². The molecule has 2 nitrogen and oxygen atoms in total. The van der Waals surface area contributed by atoms with Crippen molar-refractivity contribution in [2.45, 2.75) is 19.9 Å². The van der Waals surface area contributed by atoms with Crippen LogP contribution in [0.25, 0.3) is 0 Å². The molecule has 0 radical (unpaired) electrons. The molecule has 2 aromatic rings. The average molecular weight is 318 g/mol. The van der Waals surface area contributed by atoms with Gasteiger partial charge in [-0.2, -0.15) is 0 Å². The zero-order chi connectivity index (χ0) is 13.8. The van der Waals surface area contributed by atoms with Crippen LogP contribution in [0.3, 0.4) is 0 Å². The van der Waals surface area contributed by atoms with Crippen LogP contribution in [0.4, 0.5) is 0 Å². The van der Waals surface area contributed by atoms with Crippen molar-refractivity contribution < 1.29 is 4.79 Å². The van der Waals surface area contributed by atoms with Crippen molar-refractivity contribution >= 4 is 21.8 Å². The van der Waals surface area contributed by atoms with E-state index in [4.69, 9.17) is 0 Å². The minimum Gasteiger partial charge on any atom is -0.346 e. The molecule has 2 aromatic carbocycles. The summed E-state index contributed by atoms with van der Waals surface area (Å²) in [5, 5.41) is 3.00. The molecule has 0 spiro atoms. The van der Waals surface area contributed by atoms with Gasteiger partial charge in [-0.3, -0.25) is 4.79 Å². The minimum atomic E-state index is -0.0550. The Kier molecular flexibility index (Phi) is 4.38. The third-order valence-electron chi connectivity index (χ3n) is 3.03. The topological polar surface area (TPSA) is 29.1 Å². The molecule has 0 aromatic heterocycles. The molecule has 0 saturated carbocycles. The molecule has 0 fully saturated rings. The van der Waals surface area contributed by atoms with Crippen LogP contribution >= 0.6 is 15.9 Å². The lowest BCUT2D eigenvalue weighted by atomic mass is 10.1. The second kappa shape index (κ2) is 6.02. The van der Waals surface area contributed by atoms with Gasteiger partial charge in [0.2, 0.25) is 0 Å². The van der Waals surface area contributed by atoms with Crippen molar-refractivity contribution in [2.24, 2.45) is 0 Å². The number of halogens is 1. The Hall–Kier alpha value is -1.61. The van der Waals surface area contributed by atoms with Gasteiger partial charge in [0.05, 0.1) is 6.04 Å². The summed E-state index contributed by atoms with van der Waals surface area (Å²) in [6, 6.07) is 15.5. The molecule has 1 N–H and O–H groups in total. The maximum atomic E-state index is 12.1. The van der Waals surface area contributed by atoms with E-state index in [9.17, 15) is 4.79 Å². The van der Waals surface area contributed by atoms with E-state index < -0.39 is 0 Å². The second-order valence-corrected chi connectivity index (χ2v) is 5.53. The third-order valence-corrected chi connectivity index (χ3v) is 3.56. The third kappa shape index (κ3) is 3.67. The van der Waals surface area contributed by atoms with Gasteiger partial charge >= 0.3 is 0 Å². The summed E-state index contributed by atoms with van der Waals surface area (Å²) in [5.74, 6) is -0.0550. The normalized spacial score (nSPS) is 11.9. The Bertz CT molecular complexity index is 560. The van der Waals surface area contributed by atoms with Gasteiger partial charge in [-0.1, -0.05) is 45.8 Å². The van der Waals surface area contributed by atoms with Gasteiger partial charge in [0.15, 0.2) is 0 Å². The molecule has 0 aliphatic heterocycles. The standard InChI is InChI=1S/C16H16BrNO/c1-11-3-5-13(6-4-11)12(2)18-16(19)14-7-9-15(17)10-8-14/h3-10,12H,1-2H3,(H,18,19). The fraction of sp³-hybridized carbons (Fsp3) is 0.188. The van der Waals surface area contributed by atoms with Gasteiger partial charge in [-0.25, -0.2) is 0 Å². The minimum absolute atomic E-state index is 0.00301. The SMILES string of the molecule is Cc1ccc(C(C)NC(=O)c2ccc(Br)cc2)cc1. The van der Waals surface area contributed by atoms with Gasteiger partial charge < -0.3 is 5.32 Å². The van der Waals surface area contributed by atoms with Gasteiger partial charge in [0, 0.05) is 10.0 Å². The van der Waals surface area contributed by atoms with E-state index in [1.807, 2.05) is 31.2 Å². The van der Waals surface area contributed by atoms with Crippen LogP contribution in [0.5, 0.6) is 0 Å². The number of hydrogen-bond acceptors (Lipinski definition) is 1. The fourth-order valence-electron chi connectivity index (χ4n) is 1.82. The maximum Gasteiger partial charge on any atom is 0.251 e. The van der Waals surface area contributed by atoms with Crippen LogP contribution in [-0.2, 0) is 0 Å². The Morgan fingerprint density at radius 1 is 1.05 bits per heavy atom. The number of aryl methyl sites for hydroxylation is 1. The summed E-state index contributed by atoms with van der Waals surface area (Å²) in [7, 11) is 0. The van der Waals surface area contributed by atoms with Gasteiger partial charge in [-0.05, 0) is 43.7 Å². The Labute approximate surface area is 122 Å². The van der Waals surface area contributed by atoms with Crippen molar-refractivity contribution in [3.63, 3.8) is 0 Å². The molecular weight excluding hydrogens is 302 g/mol. The molecule has 0 heterocycles. The largest absolute Gasteiger partial charge is 0.346 e. The van der Waals surface area contributed by atoms with E-state index in [2.05, 4.69) is 40.3 Å². The van der Waals surface area contributed by atoms with Crippen LogP contribution in [0.15, 0.2) is 53.0 Å². The molecule has 0 aliphatic rings. The predicted molar refractivity (Wildman–Crippen MR) is 81.2 cm³/mol. The van der Waals surface area contributed by atoms with E-state index in [0.717, 1.165) is 10.0 Å². The molecule has 98 valence electrons. The zero-order valence-corrected chi connectivity index (χ0v) is 12.6. The molecule has 19 heavy (non-hydrogen) atoms. The number of nitrogens with one attached hydrogen (secondary N) is 1. The summed E-state index contributed by atoms with van der Waals surface area (Å²) in [4.78, 5) is 12.1. The summed E-state index contributed by atoms with van der Waals surface area (Å²) < 4.78 is 0.968. The second-order valence-electron chi connectivity index (χ2n) is 4.61. The zero-order valence-electron chi connectivity index (χ0n) is 11.0. The van der Waals surface area contributed by atoms with Crippen molar-refractivity contribution in [2.75, 3.05) is 0 Å². The van der Waals surface area contributed by atoms with Crippen LogP contribution < -0.4 is 5.32 Å². The van der Waals surface area contributed by atoms with E-state index in [1.54, 1.807) is 12.1 Å². The van der Waals surface area contributed by atoms with Gasteiger partial charge in [0.1, 0.15) is 0 Å². The van der Waals surface area contributed by atoms with Crippen LogP contribution in [-0.4, -0.2) is 5.91 Å². The van der Waals surface area contributed by atoms with Crippen molar-refractivity contribution in [1.82, 2.24) is 5.32 Å². The lowest BCUT2D eigenvalue weighted by Gasteiger charge is -2.14. The molecule has 0 saturated heterocycles. The van der Waals surface area contributed by atoms with Crippen molar-refractivity contribution in [3.05, 3.63) is 69.7 Å². The Balaban J connectivity index is 2.06. The van der Waals surface area contributed by atoms with E-state index in [-0.39, 0.29) is 11.9 Å². The molecular formula is C16H16BrNO. The first kappa shape index (κ1) is 13.8. The predicted octanol–water partition coefficient (Wildman–Crippen LogP) is 4.25. The number of hydrogen-bond donors (Lipinski definition) is 1. The number of amides is 1. The highest BCUT2D eigenvalue weighted by Crippen LogP contribution is 2.15. The Morgan fingerprint density at radius 3 is 2.21 bits per heavy atom. The maximum absolute atomic E-state index is 12.1. The lowest BCUT2D eigenvalue weighted by Crippen LogP contribution is -2.26. The van der Waals surface area contributed by atoms with Gasteiger partial charge in [0.25, 0.3) is 5.91 Å². The summed E-state index contributed by atoms with van der Waals surface area (Å²) >= 11 is 3.36. The van der Waals surface area contributed by atoms with Crippen LogP contribution in [0.2, 0.25) is 0 Å². The molecule has 3 heteroatoms. The first-order valence-corrected chi connectivity index (χ1v) is 6.98. The number of carbonyl (C=O) groups excluding carboxylic acids is 1. The molecule has 0 bridgehead atoms. The van der Waals surface area contributed by atoms with E-state index in [1.165, 1.54) is 5.56 Å². The number of carbonyl (C=O) groups is 1. The number of rotatable bonds is 3. The molecule has 0 aliphatic carbocycles. The monoisotopic (exact) mass is 317 g/mol. The summed E-state index contributed by atoms with van der Waals surface area (Å²) in [5.41, 5.74) is 2.99. The highest BCUT2D eigenvalue weighted by molar-refractivity contribution is 9.10. The smallest absolute Gasteiger partial charge is 0.251 e. The summed E-state index contributed by atoms with van der Waals surface area (Å²) in [6.45, 7) is 4.04. The van der Waals surface area contributed by atoms with E-state index >= 15 is 0 Å². The average Bonchev–Trinajstić information content (AvgIpc) is 2.40. The quantitative estimate of drug-likeness (QED) is 0.901. The number of benzene rings is 2. The van der Waals surface area contributed by atoms with Crippen molar-refractivity contribution in [1.29, 1.82) is 0 Å². The molecule has 1 atom stereocenters.